The molecule has 1 amide bonds. The number of fused-ring (bicyclic) bond motifs is 2. The summed E-state index contributed by atoms with van der Waals surface area (Å²) in [5, 5.41) is 3.88. The summed E-state index contributed by atoms with van der Waals surface area (Å²) in [7, 11) is 1.72. The molecule has 0 fully saturated rings. The molecule has 25 heavy (non-hydrogen) atoms. The molecule has 0 unspecified atom stereocenters. The first-order valence-corrected chi connectivity index (χ1v) is 9.76. The molecule has 0 radical (unpaired) electrons. The van der Waals surface area contributed by atoms with Gasteiger partial charge in [0.2, 0.25) is 5.91 Å². The van der Waals surface area contributed by atoms with Gasteiger partial charge in [0.25, 0.3) is 5.56 Å². The fourth-order valence-electron chi connectivity index (χ4n) is 3.00. The highest BCUT2D eigenvalue weighted by Gasteiger charge is 2.26. The van der Waals surface area contributed by atoms with Crippen LogP contribution in [0.1, 0.15) is 28.8 Å². The molecule has 0 bridgehead atoms. The highest BCUT2D eigenvalue weighted by Crippen LogP contribution is 2.34. The zero-order chi connectivity index (χ0) is 17.4. The van der Waals surface area contributed by atoms with Crippen LogP contribution >= 0.6 is 22.7 Å². The number of hydrogen-bond acceptors (Lipinski definition) is 6. The zero-order valence-corrected chi connectivity index (χ0v) is 15.3. The summed E-state index contributed by atoms with van der Waals surface area (Å²) in [6.45, 7) is 0.916. The molecule has 3 aromatic heterocycles. The average molecular weight is 375 g/mol. The quantitative estimate of drug-likeness (QED) is 0.761. The standard InChI is InChI=1S/C17H17N3O3S2/c1-20(9-13-18-11-4-7-25-16(11)17(22)19-13)14(21)8-12-15-10(2-5-23-12)3-6-24-15/h3-4,6-7,12H,2,5,8-9H2,1H3,(H,18,19,22)/t12-/m1/s1. The fraction of sp³-hybridized carbons (Fsp3) is 0.353. The maximum absolute atomic E-state index is 12.6. The zero-order valence-electron chi connectivity index (χ0n) is 13.7. The minimum atomic E-state index is -0.176. The largest absolute Gasteiger partial charge is 0.372 e. The van der Waals surface area contributed by atoms with Gasteiger partial charge in [-0.2, -0.15) is 0 Å². The molecule has 1 aliphatic heterocycles. The van der Waals surface area contributed by atoms with Gasteiger partial charge >= 0.3 is 0 Å². The maximum Gasteiger partial charge on any atom is 0.268 e. The number of nitrogens with zero attached hydrogens (tertiary/aromatic N) is 2. The Morgan fingerprint density at radius 1 is 1.40 bits per heavy atom. The van der Waals surface area contributed by atoms with E-state index in [4.69, 9.17) is 4.74 Å². The topological polar surface area (TPSA) is 75.3 Å². The Morgan fingerprint density at radius 2 is 2.24 bits per heavy atom. The molecule has 4 heterocycles. The molecule has 1 aliphatic rings. The van der Waals surface area contributed by atoms with E-state index in [1.165, 1.54) is 16.9 Å². The van der Waals surface area contributed by atoms with Crippen LogP contribution < -0.4 is 5.56 Å². The molecular weight excluding hydrogens is 358 g/mol. The van der Waals surface area contributed by atoms with Crippen LogP contribution in [0.5, 0.6) is 0 Å². The van der Waals surface area contributed by atoms with Gasteiger partial charge in [-0.3, -0.25) is 9.59 Å². The Balaban J connectivity index is 1.46. The lowest BCUT2D eigenvalue weighted by Crippen LogP contribution is -2.30. The van der Waals surface area contributed by atoms with Crippen LogP contribution in [-0.4, -0.2) is 34.4 Å². The van der Waals surface area contributed by atoms with E-state index < -0.39 is 0 Å². The number of nitrogens with one attached hydrogen (secondary N) is 1. The fourth-order valence-corrected chi connectivity index (χ4v) is 4.73. The lowest BCUT2D eigenvalue weighted by Gasteiger charge is -2.25. The number of carbonyl (C=O) groups is 1. The summed E-state index contributed by atoms with van der Waals surface area (Å²) in [4.78, 5) is 34.5. The van der Waals surface area contributed by atoms with Gasteiger partial charge in [0.15, 0.2) is 0 Å². The summed E-state index contributed by atoms with van der Waals surface area (Å²) in [6.07, 6.45) is 1.03. The Bertz CT molecular complexity index is 975. The van der Waals surface area contributed by atoms with E-state index in [1.54, 1.807) is 23.3 Å². The predicted molar refractivity (Wildman–Crippen MR) is 98.0 cm³/mol. The lowest BCUT2D eigenvalue weighted by molar-refractivity contribution is -0.133. The molecule has 1 N–H and O–H groups in total. The van der Waals surface area contributed by atoms with E-state index in [0.717, 1.165) is 11.3 Å². The average Bonchev–Trinajstić information content (AvgIpc) is 3.24. The first-order chi connectivity index (χ1) is 12.1. The molecule has 3 aromatic rings. The number of aromatic amines is 1. The number of ether oxygens (including phenoxy) is 1. The van der Waals surface area contributed by atoms with Crippen molar-refractivity contribution in [2.45, 2.75) is 25.5 Å². The molecule has 6 nitrogen and oxygen atoms in total. The minimum absolute atomic E-state index is 0.0284. The van der Waals surface area contributed by atoms with Crippen molar-refractivity contribution < 1.29 is 9.53 Å². The predicted octanol–water partition coefficient (Wildman–Crippen LogP) is 2.71. The summed E-state index contributed by atoms with van der Waals surface area (Å²) >= 11 is 3.00. The molecule has 8 heteroatoms. The molecule has 1 atom stereocenters. The van der Waals surface area contributed by atoms with Crippen molar-refractivity contribution in [3.05, 3.63) is 49.5 Å². The van der Waals surface area contributed by atoms with Crippen LogP contribution in [0.2, 0.25) is 0 Å². The van der Waals surface area contributed by atoms with E-state index in [1.807, 2.05) is 16.8 Å². The third kappa shape index (κ3) is 3.24. The first kappa shape index (κ1) is 16.4. The van der Waals surface area contributed by atoms with Crippen molar-refractivity contribution in [2.24, 2.45) is 0 Å². The molecule has 0 aliphatic carbocycles. The van der Waals surface area contributed by atoms with Crippen molar-refractivity contribution in [2.75, 3.05) is 13.7 Å². The molecule has 130 valence electrons. The van der Waals surface area contributed by atoms with Gasteiger partial charge in [0.1, 0.15) is 16.6 Å². The smallest absolute Gasteiger partial charge is 0.268 e. The van der Waals surface area contributed by atoms with Crippen molar-refractivity contribution in [1.29, 1.82) is 0 Å². The SMILES string of the molecule is CN(Cc1nc2ccsc2c(=O)[nH]1)C(=O)C[C@H]1OCCc2ccsc21. The Hall–Kier alpha value is -2.03. The molecule has 0 saturated carbocycles. The van der Waals surface area contributed by atoms with Crippen LogP contribution in [0, 0.1) is 0 Å². The Kier molecular flexibility index (Phi) is 4.41. The number of carbonyl (C=O) groups excluding carboxylic acids is 1. The van der Waals surface area contributed by atoms with Crippen molar-refractivity contribution in [3.63, 3.8) is 0 Å². The van der Waals surface area contributed by atoms with E-state index in [9.17, 15) is 9.59 Å². The van der Waals surface area contributed by atoms with Gasteiger partial charge in [-0.05, 0) is 34.9 Å². The van der Waals surface area contributed by atoms with E-state index in [0.29, 0.717) is 29.1 Å². The van der Waals surface area contributed by atoms with Crippen LogP contribution in [0.15, 0.2) is 27.7 Å². The first-order valence-electron chi connectivity index (χ1n) is 8.00. The van der Waals surface area contributed by atoms with Gasteiger partial charge in [-0.25, -0.2) is 4.98 Å². The maximum atomic E-state index is 12.6. The van der Waals surface area contributed by atoms with Crippen LogP contribution in [0.4, 0.5) is 0 Å². The number of amides is 1. The summed E-state index contributed by atoms with van der Waals surface area (Å²) in [5.41, 5.74) is 1.80. The molecule has 4 rings (SSSR count). The van der Waals surface area contributed by atoms with Crippen LogP contribution in [-0.2, 0) is 22.5 Å². The van der Waals surface area contributed by atoms with Gasteiger partial charge in [-0.1, -0.05) is 0 Å². The third-order valence-corrected chi connectivity index (χ3v) is 6.25. The highest BCUT2D eigenvalue weighted by atomic mass is 32.1. The monoisotopic (exact) mass is 375 g/mol. The number of aromatic nitrogens is 2. The lowest BCUT2D eigenvalue weighted by atomic mass is 10.1. The molecule has 0 spiro atoms. The third-order valence-electron chi connectivity index (χ3n) is 4.30. The summed E-state index contributed by atoms with van der Waals surface area (Å²) in [6, 6.07) is 3.92. The van der Waals surface area contributed by atoms with Crippen molar-refractivity contribution in [3.8, 4) is 0 Å². The second kappa shape index (κ2) is 6.70. The minimum Gasteiger partial charge on any atom is -0.372 e. The van der Waals surface area contributed by atoms with Crippen molar-refractivity contribution in [1.82, 2.24) is 14.9 Å². The van der Waals surface area contributed by atoms with Crippen LogP contribution in [0.3, 0.4) is 0 Å². The summed E-state index contributed by atoms with van der Waals surface area (Å²) < 4.78 is 6.40. The summed E-state index contributed by atoms with van der Waals surface area (Å²) in [5.74, 6) is 0.465. The highest BCUT2D eigenvalue weighted by molar-refractivity contribution is 7.17. The van der Waals surface area contributed by atoms with Crippen molar-refractivity contribution >= 4 is 38.8 Å². The second-order valence-corrected chi connectivity index (χ2v) is 7.88. The van der Waals surface area contributed by atoms with Gasteiger partial charge in [-0.15, -0.1) is 22.7 Å². The number of thiophene rings is 2. The number of hydrogen-bond donors (Lipinski definition) is 1. The molecular formula is C17H17N3O3S2. The van der Waals surface area contributed by atoms with E-state index in [2.05, 4.69) is 16.0 Å². The molecule has 0 saturated heterocycles. The van der Waals surface area contributed by atoms with Crippen LogP contribution in [0.25, 0.3) is 10.2 Å². The number of H-pyrrole nitrogens is 1. The second-order valence-electron chi connectivity index (χ2n) is 6.02. The van der Waals surface area contributed by atoms with E-state index in [-0.39, 0.29) is 24.1 Å². The Morgan fingerprint density at radius 3 is 3.12 bits per heavy atom. The Labute approximate surface area is 152 Å². The number of rotatable bonds is 4. The van der Waals surface area contributed by atoms with E-state index >= 15 is 0 Å². The normalized spacial score (nSPS) is 16.8. The van der Waals surface area contributed by atoms with Gasteiger partial charge < -0.3 is 14.6 Å². The van der Waals surface area contributed by atoms with Gasteiger partial charge in [0.05, 0.1) is 25.1 Å². The van der Waals surface area contributed by atoms with Gasteiger partial charge in [0, 0.05) is 11.9 Å². The molecule has 0 aromatic carbocycles.